The van der Waals surface area contributed by atoms with Crippen molar-refractivity contribution in [2.45, 2.75) is 0 Å². The number of benzene rings is 3. The molecule has 0 unspecified atom stereocenters. The largest absolute Gasteiger partial charge is 0.493 e. The lowest BCUT2D eigenvalue weighted by molar-refractivity contribution is 0.102. The molecule has 2 N–H and O–H groups in total. The van der Waals surface area contributed by atoms with Crippen molar-refractivity contribution in [3.8, 4) is 11.5 Å². The van der Waals surface area contributed by atoms with Gasteiger partial charge in [0.1, 0.15) is 18.0 Å². The van der Waals surface area contributed by atoms with Crippen molar-refractivity contribution in [3.63, 3.8) is 0 Å². The average molecular weight is 489 g/mol. The Bertz CT molecular complexity index is 1310. The summed E-state index contributed by atoms with van der Waals surface area (Å²) in [6.07, 6.45) is 1.35. The first-order valence-corrected chi connectivity index (χ1v) is 9.87. The first-order valence-electron chi connectivity index (χ1n) is 9.49. The van der Waals surface area contributed by atoms with E-state index in [4.69, 9.17) is 21.1 Å². The van der Waals surface area contributed by atoms with Gasteiger partial charge in [0.25, 0.3) is 5.91 Å². The van der Waals surface area contributed by atoms with Crippen LogP contribution in [0.3, 0.4) is 0 Å². The molecule has 0 atom stereocenters. The van der Waals surface area contributed by atoms with Crippen LogP contribution in [0, 0.1) is 5.82 Å². The minimum absolute atomic E-state index is 0. The lowest BCUT2D eigenvalue weighted by Crippen LogP contribution is -2.12. The number of amides is 1. The predicted molar refractivity (Wildman–Crippen MR) is 129 cm³/mol. The molecule has 0 aliphatic rings. The van der Waals surface area contributed by atoms with E-state index in [0.717, 1.165) is 6.07 Å². The number of methoxy groups -OCH3 is 2. The highest BCUT2D eigenvalue weighted by molar-refractivity contribution is 6.34. The number of anilines is 3. The van der Waals surface area contributed by atoms with Crippen LogP contribution < -0.4 is 20.1 Å². The quantitative estimate of drug-likeness (QED) is 0.353. The number of hydrogen-bond acceptors (Lipinski definition) is 6. The second-order valence-corrected chi connectivity index (χ2v) is 7.11. The molecule has 170 valence electrons. The van der Waals surface area contributed by atoms with E-state index in [0.29, 0.717) is 33.8 Å². The summed E-state index contributed by atoms with van der Waals surface area (Å²) in [7, 11) is 3.04. The fourth-order valence-corrected chi connectivity index (χ4v) is 3.33. The van der Waals surface area contributed by atoms with Crippen LogP contribution >= 0.6 is 24.0 Å². The molecule has 0 saturated carbocycles. The molecule has 10 heteroatoms. The van der Waals surface area contributed by atoms with Crippen LogP contribution in [0.1, 0.15) is 10.4 Å². The monoisotopic (exact) mass is 488 g/mol. The summed E-state index contributed by atoms with van der Waals surface area (Å²) in [6, 6.07) is 14.6. The molecule has 1 aromatic heterocycles. The van der Waals surface area contributed by atoms with Crippen molar-refractivity contribution in [2.75, 3.05) is 24.9 Å². The summed E-state index contributed by atoms with van der Waals surface area (Å²) in [6.45, 7) is 0. The molecule has 0 fully saturated rings. The van der Waals surface area contributed by atoms with Gasteiger partial charge < -0.3 is 20.1 Å². The Labute approximate surface area is 200 Å². The van der Waals surface area contributed by atoms with E-state index in [2.05, 4.69) is 20.6 Å². The number of ether oxygens (including phenoxy) is 2. The highest BCUT2D eigenvalue weighted by Gasteiger charge is 2.15. The zero-order valence-corrected chi connectivity index (χ0v) is 19.1. The molecular weight excluding hydrogens is 470 g/mol. The minimum atomic E-state index is -0.611. The van der Waals surface area contributed by atoms with Gasteiger partial charge in [-0.15, -0.1) is 12.4 Å². The number of fused-ring (bicyclic) bond motifs is 1. The molecule has 0 saturated heterocycles. The first-order chi connectivity index (χ1) is 15.5. The van der Waals surface area contributed by atoms with Gasteiger partial charge in [0.15, 0.2) is 11.5 Å². The van der Waals surface area contributed by atoms with Crippen LogP contribution in [-0.4, -0.2) is 30.1 Å². The number of nitrogens with zero attached hydrogens (tertiary/aromatic N) is 2. The summed E-state index contributed by atoms with van der Waals surface area (Å²) < 4.78 is 25.3. The summed E-state index contributed by atoms with van der Waals surface area (Å²) >= 11 is 6.17. The van der Waals surface area contributed by atoms with Crippen LogP contribution in [0.5, 0.6) is 11.5 Å². The highest BCUT2D eigenvalue weighted by atomic mass is 35.5. The van der Waals surface area contributed by atoms with E-state index in [1.54, 1.807) is 42.5 Å². The van der Waals surface area contributed by atoms with E-state index in [9.17, 15) is 9.18 Å². The molecule has 33 heavy (non-hydrogen) atoms. The third-order valence-electron chi connectivity index (χ3n) is 4.73. The van der Waals surface area contributed by atoms with Crippen molar-refractivity contribution in [1.29, 1.82) is 0 Å². The van der Waals surface area contributed by atoms with Gasteiger partial charge >= 0.3 is 0 Å². The van der Waals surface area contributed by atoms with Gasteiger partial charge in [-0.3, -0.25) is 4.79 Å². The molecule has 1 heterocycles. The summed E-state index contributed by atoms with van der Waals surface area (Å²) in [5.41, 5.74) is 1.35. The molecule has 4 aromatic rings. The Morgan fingerprint density at radius 2 is 1.67 bits per heavy atom. The maximum Gasteiger partial charge on any atom is 0.255 e. The van der Waals surface area contributed by atoms with Crippen molar-refractivity contribution >= 4 is 58.0 Å². The molecule has 0 spiro atoms. The Kier molecular flexibility index (Phi) is 7.52. The van der Waals surface area contributed by atoms with E-state index in [1.807, 2.05) is 0 Å². The van der Waals surface area contributed by atoms with Gasteiger partial charge in [-0.1, -0.05) is 29.8 Å². The van der Waals surface area contributed by atoms with Gasteiger partial charge in [0.2, 0.25) is 0 Å². The average Bonchev–Trinajstić information content (AvgIpc) is 2.81. The fourth-order valence-electron chi connectivity index (χ4n) is 3.13. The summed E-state index contributed by atoms with van der Waals surface area (Å²) in [5.74, 6) is 0.352. The van der Waals surface area contributed by atoms with E-state index in [-0.39, 0.29) is 34.7 Å². The molecule has 3 aromatic carbocycles. The van der Waals surface area contributed by atoms with Crippen molar-refractivity contribution in [3.05, 3.63) is 77.3 Å². The normalized spacial score (nSPS) is 10.3. The maximum absolute atomic E-state index is 14.7. The third kappa shape index (κ3) is 5.08. The lowest BCUT2D eigenvalue weighted by atomic mass is 10.2. The predicted octanol–water partition coefficient (Wildman–Crippen LogP) is 5.86. The summed E-state index contributed by atoms with van der Waals surface area (Å²) in [4.78, 5) is 21.0. The van der Waals surface area contributed by atoms with Crippen molar-refractivity contribution < 1.29 is 18.7 Å². The number of nitrogens with one attached hydrogen (secondary N) is 2. The van der Waals surface area contributed by atoms with Crippen LogP contribution in [0.15, 0.2) is 60.9 Å². The number of aromatic nitrogens is 2. The summed E-state index contributed by atoms with van der Waals surface area (Å²) in [5, 5.41) is 6.31. The Hall–Kier alpha value is -3.62. The number of carbonyl (C=O) groups is 1. The fraction of sp³-hybridized carbons (Fsp3) is 0.0870. The van der Waals surface area contributed by atoms with Crippen LogP contribution in [-0.2, 0) is 0 Å². The number of rotatable bonds is 6. The van der Waals surface area contributed by atoms with Crippen LogP contribution in [0.2, 0.25) is 5.02 Å². The van der Waals surface area contributed by atoms with Crippen molar-refractivity contribution in [1.82, 2.24) is 9.97 Å². The number of halogens is 3. The second-order valence-electron chi connectivity index (χ2n) is 6.70. The minimum Gasteiger partial charge on any atom is -0.493 e. The third-order valence-corrected chi connectivity index (χ3v) is 5.05. The Balaban J connectivity index is 0.00000306. The van der Waals surface area contributed by atoms with Gasteiger partial charge in [0.05, 0.1) is 36.1 Å². The smallest absolute Gasteiger partial charge is 0.255 e. The van der Waals surface area contributed by atoms with Gasteiger partial charge in [-0.25, -0.2) is 14.4 Å². The molecule has 0 radical (unpaired) electrons. The molecular formula is C23H19Cl2FN4O3. The topological polar surface area (TPSA) is 85.4 Å². The van der Waals surface area contributed by atoms with Gasteiger partial charge in [-0.05, 0) is 30.3 Å². The SMILES string of the molecule is COc1cc2ncnc(Nc3cc(NC(=O)c4ccccc4)c(Cl)cc3F)c2cc1OC.Cl. The van der Waals surface area contributed by atoms with Gasteiger partial charge in [0, 0.05) is 17.0 Å². The Morgan fingerprint density at radius 3 is 2.36 bits per heavy atom. The molecule has 0 aliphatic carbocycles. The molecule has 0 bridgehead atoms. The standard InChI is InChI=1S/C23H18ClFN4O3.ClH/c1-31-20-8-14-17(11-21(20)32-2)26-12-27-22(14)28-19-10-18(15(24)9-16(19)25)29-23(30)13-6-4-3-5-7-13;/h3-12H,1-2H3,(H,29,30)(H,26,27,28);1H. The number of carbonyl (C=O) groups excluding carboxylic acids is 1. The maximum atomic E-state index is 14.7. The molecule has 7 nitrogen and oxygen atoms in total. The van der Waals surface area contributed by atoms with Crippen LogP contribution in [0.4, 0.5) is 21.6 Å². The molecule has 1 amide bonds. The number of hydrogen-bond donors (Lipinski definition) is 2. The zero-order chi connectivity index (χ0) is 22.7. The Morgan fingerprint density at radius 1 is 0.970 bits per heavy atom. The van der Waals surface area contributed by atoms with E-state index < -0.39 is 5.82 Å². The molecule has 4 rings (SSSR count). The lowest BCUT2D eigenvalue weighted by Gasteiger charge is -2.14. The van der Waals surface area contributed by atoms with Crippen LogP contribution in [0.25, 0.3) is 10.9 Å². The van der Waals surface area contributed by atoms with Crippen molar-refractivity contribution in [2.24, 2.45) is 0 Å². The zero-order valence-electron chi connectivity index (χ0n) is 17.6. The second kappa shape index (κ2) is 10.3. The molecule has 0 aliphatic heterocycles. The first kappa shape index (κ1) is 24.0. The van der Waals surface area contributed by atoms with Gasteiger partial charge in [-0.2, -0.15) is 0 Å². The highest BCUT2D eigenvalue weighted by Crippen LogP contribution is 2.36. The van der Waals surface area contributed by atoms with E-state index >= 15 is 0 Å². The van der Waals surface area contributed by atoms with E-state index in [1.165, 1.54) is 26.6 Å².